The van der Waals surface area contributed by atoms with E-state index in [0.717, 1.165) is 5.56 Å². The van der Waals surface area contributed by atoms with Crippen molar-refractivity contribution in [2.45, 2.75) is 33.1 Å². The number of hydrogen-bond acceptors (Lipinski definition) is 6. The number of hydrogen-bond donors (Lipinski definition) is 2. The van der Waals surface area contributed by atoms with Crippen molar-refractivity contribution < 1.29 is 14.6 Å². The molecule has 0 aliphatic carbocycles. The number of nitrogens with zero attached hydrogens (tertiary/aromatic N) is 3. The van der Waals surface area contributed by atoms with E-state index in [-0.39, 0.29) is 17.7 Å². The van der Waals surface area contributed by atoms with Gasteiger partial charge in [-0.1, -0.05) is 29.8 Å². The topological polar surface area (TPSA) is 111 Å². The van der Waals surface area contributed by atoms with Crippen molar-refractivity contribution in [2.75, 3.05) is 7.11 Å². The van der Waals surface area contributed by atoms with Crippen molar-refractivity contribution >= 4 is 11.2 Å². The molecule has 2 heterocycles. The Morgan fingerprint density at radius 1 is 1.12 bits per heavy atom. The third-order valence-electron chi connectivity index (χ3n) is 5.40. The first-order chi connectivity index (χ1) is 15.8. The van der Waals surface area contributed by atoms with E-state index in [2.05, 4.69) is 9.97 Å². The van der Waals surface area contributed by atoms with Crippen molar-refractivity contribution in [3.05, 3.63) is 74.4 Å². The minimum atomic E-state index is -0.785. The molecule has 0 aliphatic rings. The minimum absolute atomic E-state index is 0.0116. The highest BCUT2D eigenvalue weighted by Crippen LogP contribution is 2.33. The SMILES string of the molecule is COc1cc(-c2nc3c(c(=O)[nH]c(=O)n3CC(C)O)n2C)ccc1OCc1ccc(C)cc1. The maximum absolute atomic E-state index is 12.5. The number of rotatable bonds is 7. The number of aromatic amines is 1. The van der Waals surface area contributed by atoms with Crippen LogP contribution in [0.15, 0.2) is 52.1 Å². The van der Waals surface area contributed by atoms with Crippen LogP contribution in [-0.4, -0.2) is 37.4 Å². The molecule has 33 heavy (non-hydrogen) atoms. The van der Waals surface area contributed by atoms with Gasteiger partial charge in [0.1, 0.15) is 12.4 Å². The van der Waals surface area contributed by atoms with Crippen LogP contribution in [0.3, 0.4) is 0 Å². The van der Waals surface area contributed by atoms with Crippen LogP contribution in [-0.2, 0) is 20.2 Å². The lowest BCUT2D eigenvalue weighted by Crippen LogP contribution is -2.33. The van der Waals surface area contributed by atoms with Crippen molar-refractivity contribution in [3.8, 4) is 22.9 Å². The Bertz CT molecular complexity index is 1410. The summed E-state index contributed by atoms with van der Waals surface area (Å²) in [6.45, 7) is 4.00. The summed E-state index contributed by atoms with van der Waals surface area (Å²) in [7, 11) is 3.25. The molecular weight excluding hydrogens is 424 g/mol. The summed E-state index contributed by atoms with van der Waals surface area (Å²) in [6, 6.07) is 13.5. The molecule has 2 aromatic heterocycles. The molecule has 2 aromatic carbocycles. The zero-order chi connectivity index (χ0) is 23.7. The highest BCUT2D eigenvalue weighted by atomic mass is 16.5. The summed E-state index contributed by atoms with van der Waals surface area (Å²) in [5, 5.41) is 9.78. The molecule has 4 aromatic rings. The lowest BCUT2D eigenvalue weighted by molar-refractivity contribution is 0.173. The number of aromatic nitrogens is 4. The Morgan fingerprint density at radius 3 is 2.52 bits per heavy atom. The van der Waals surface area contributed by atoms with E-state index in [9.17, 15) is 14.7 Å². The van der Waals surface area contributed by atoms with Gasteiger partial charge in [-0.15, -0.1) is 0 Å². The molecule has 0 radical (unpaired) electrons. The Morgan fingerprint density at radius 2 is 1.85 bits per heavy atom. The summed E-state index contributed by atoms with van der Waals surface area (Å²) in [6.07, 6.45) is -0.785. The van der Waals surface area contributed by atoms with Gasteiger partial charge in [0.2, 0.25) is 0 Å². The number of ether oxygens (including phenoxy) is 2. The molecule has 1 unspecified atom stereocenters. The number of aliphatic hydroxyl groups is 1. The maximum Gasteiger partial charge on any atom is 0.330 e. The number of aliphatic hydroxyl groups excluding tert-OH is 1. The van der Waals surface area contributed by atoms with Crippen LogP contribution in [0.4, 0.5) is 0 Å². The van der Waals surface area contributed by atoms with Crippen LogP contribution in [0.1, 0.15) is 18.1 Å². The first-order valence-electron chi connectivity index (χ1n) is 10.5. The number of imidazole rings is 1. The van der Waals surface area contributed by atoms with E-state index in [0.29, 0.717) is 29.5 Å². The lowest BCUT2D eigenvalue weighted by atomic mass is 10.1. The van der Waals surface area contributed by atoms with E-state index < -0.39 is 17.4 Å². The molecule has 0 amide bonds. The molecule has 2 N–H and O–H groups in total. The number of benzene rings is 2. The molecule has 4 rings (SSSR count). The van der Waals surface area contributed by atoms with Crippen LogP contribution >= 0.6 is 0 Å². The average Bonchev–Trinajstić information content (AvgIpc) is 3.13. The van der Waals surface area contributed by atoms with Crippen LogP contribution in [0, 0.1) is 6.92 Å². The molecule has 9 nitrogen and oxygen atoms in total. The summed E-state index contributed by atoms with van der Waals surface area (Å²) in [4.78, 5) is 31.7. The van der Waals surface area contributed by atoms with Gasteiger partial charge < -0.3 is 19.1 Å². The number of methoxy groups -OCH3 is 1. The van der Waals surface area contributed by atoms with Crippen LogP contribution in [0.5, 0.6) is 11.5 Å². The summed E-state index contributed by atoms with van der Waals surface area (Å²) in [5.74, 6) is 1.57. The highest BCUT2D eigenvalue weighted by molar-refractivity contribution is 5.77. The normalized spacial score (nSPS) is 12.2. The lowest BCUT2D eigenvalue weighted by Gasteiger charge is -2.12. The molecule has 0 bridgehead atoms. The van der Waals surface area contributed by atoms with Crippen molar-refractivity contribution in [3.63, 3.8) is 0 Å². The van der Waals surface area contributed by atoms with E-state index in [1.807, 2.05) is 37.3 Å². The monoisotopic (exact) mass is 450 g/mol. The number of H-pyrrole nitrogens is 1. The molecule has 1 atom stereocenters. The Labute approximate surface area is 189 Å². The van der Waals surface area contributed by atoms with Crippen LogP contribution in [0.25, 0.3) is 22.6 Å². The fourth-order valence-electron chi connectivity index (χ4n) is 3.71. The summed E-state index contributed by atoms with van der Waals surface area (Å²) >= 11 is 0. The first-order valence-corrected chi connectivity index (χ1v) is 10.5. The van der Waals surface area contributed by atoms with Crippen molar-refractivity contribution in [2.24, 2.45) is 7.05 Å². The number of nitrogens with one attached hydrogen (secondary N) is 1. The first kappa shape index (κ1) is 22.3. The molecule has 0 saturated carbocycles. The van der Waals surface area contributed by atoms with Gasteiger partial charge in [0.05, 0.1) is 19.8 Å². The quantitative estimate of drug-likeness (QED) is 0.447. The second-order valence-corrected chi connectivity index (χ2v) is 8.03. The Hall–Kier alpha value is -3.85. The van der Waals surface area contributed by atoms with Gasteiger partial charge in [-0.05, 0) is 37.6 Å². The van der Waals surface area contributed by atoms with Gasteiger partial charge in [-0.2, -0.15) is 0 Å². The largest absolute Gasteiger partial charge is 0.493 e. The third kappa shape index (κ3) is 4.40. The third-order valence-corrected chi connectivity index (χ3v) is 5.40. The molecular formula is C24H26N4O5. The molecule has 0 fully saturated rings. The number of fused-ring (bicyclic) bond motifs is 1. The fourth-order valence-corrected chi connectivity index (χ4v) is 3.71. The molecule has 9 heteroatoms. The van der Waals surface area contributed by atoms with E-state index in [1.165, 1.54) is 10.1 Å². The van der Waals surface area contributed by atoms with Gasteiger partial charge in [-0.25, -0.2) is 9.78 Å². The highest BCUT2D eigenvalue weighted by Gasteiger charge is 2.19. The maximum atomic E-state index is 12.5. The molecule has 0 saturated heterocycles. The zero-order valence-corrected chi connectivity index (χ0v) is 19.0. The predicted octanol–water partition coefficient (Wildman–Crippen LogP) is 2.37. The summed E-state index contributed by atoms with van der Waals surface area (Å²) in [5.41, 5.74) is 2.20. The summed E-state index contributed by atoms with van der Waals surface area (Å²) < 4.78 is 14.4. The van der Waals surface area contributed by atoms with Crippen molar-refractivity contribution in [1.82, 2.24) is 19.1 Å². The molecule has 0 aliphatic heterocycles. The molecule has 172 valence electrons. The standard InChI is InChI=1S/C24H26N4O5/c1-14-5-7-16(8-6-14)13-33-18-10-9-17(11-19(18)32-4)21-25-22-20(27(21)3)23(30)26-24(31)28(22)12-15(2)29/h5-11,15,29H,12-13H2,1-4H3,(H,26,30,31). The second-order valence-electron chi connectivity index (χ2n) is 8.03. The number of aryl methyl sites for hydroxylation is 2. The predicted molar refractivity (Wildman–Crippen MR) is 125 cm³/mol. The van der Waals surface area contributed by atoms with Gasteiger partial charge in [-0.3, -0.25) is 14.3 Å². The smallest absolute Gasteiger partial charge is 0.330 e. The molecule has 0 spiro atoms. The van der Waals surface area contributed by atoms with Crippen LogP contribution in [0.2, 0.25) is 0 Å². The van der Waals surface area contributed by atoms with E-state index >= 15 is 0 Å². The Kier molecular flexibility index (Phi) is 6.06. The Balaban J connectivity index is 1.73. The fraction of sp³-hybridized carbons (Fsp3) is 0.292. The van der Waals surface area contributed by atoms with E-state index in [4.69, 9.17) is 9.47 Å². The van der Waals surface area contributed by atoms with Gasteiger partial charge in [0.25, 0.3) is 5.56 Å². The van der Waals surface area contributed by atoms with E-state index in [1.54, 1.807) is 37.8 Å². The zero-order valence-electron chi connectivity index (χ0n) is 19.0. The van der Waals surface area contributed by atoms with Crippen molar-refractivity contribution in [1.29, 1.82) is 0 Å². The van der Waals surface area contributed by atoms with Gasteiger partial charge in [0.15, 0.2) is 22.7 Å². The van der Waals surface area contributed by atoms with Crippen LogP contribution < -0.4 is 20.7 Å². The second kappa shape index (κ2) is 8.95. The average molecular weight is 450 g/mol. The van der Waals surface area contributed by atoms with Gasteiger partial charge >= 0.3 is 5.69 Å². The minimum Gasteiger partial charge on any atom is -0.493 e. The van der Waals surface area contributed by atoms with Gasteiger partial charge in [0, 0.05) is 12.6 Å².